The van der Waals surface area contributed by atoms with Gasteiger partial charge in [-0.25, -0.2) is 32.0 Å². The number of carbonyl (C=O) groups is 4. The van der Waals surface area contributed by atoms with Crippen molar-refractivity contribution in [3.05, 3.63) is 54.6 Å². The fourth-order valence-electron chi connectivity index (χ4n) is 7.89. The highest BCUT2D eigenvalue weighted by atomic mass is 32.2. The minimum Gasteiger partial charge on any atom is -0.471 e. The van der Waals surface area contributed by atoms with E-state index in [2.05, 4.69) is 10.6 Å². The van der Waals surface area contributed by atoms with Gasteiger partial charge in [0.15, 0.2) is 11.5 Å². The lowest BCUT2D eigenvalue weighted by Crippen LogP contribution is -2.58. The van der Waals surface area contributed by atoms with Gasteiger partial charge in [0, 0.05) is 24.6 Å². The first kappa shape index (κ1) is 37.5. The minimum absolute atomic E-state index is 0.0204. The van der Waals surface area contributed by atoms with E-state index in [0.29, 0.717) is 35.2 Å². The molecule has 2 aromatic heterocycles. The molecule has 2 saturated heterocycles. The maximum absolute atomic E-state index is 15.3. The van der Waals surface area contributed by atoms with Crippen molar-refractivity contribution in [2.24, 2.45) is 5.92 Å². The molecule has 0 radical (unpaired) electrons. The molecule has 5 atom stereocenters. The Morgan fingerprint density at radius 3 is 2.45 bits per heavy atom. The average molecular weight is 795 g/mol. The molecular weight excluding hydrogens is 755 g/mol. The van der Waals surface area contributed by atoms with E-state index in [1.807, 2.05) is 22.9 Å². The zero-order chi connectivity index (χ0) is 39.4. The second-order valence-corrected chi connectivity index (χ2v) is 17.2. The van der Waals surface area contributed by atoms with Crippen molar-refractivity contribution in [1.29, 1.82) is 0 Å². The van der Waals surface area contributed by atoms with Crippen molar-refractivity contribution in [2.45, 2.75) is 99.1 Å². The normalized spacial score (nSPS) is 27.0. The van der Waals surface area contributed by atoms with Crippen LogP contribution in [-0.4, -0.2) is 93.7 Å². The maximum Gasteiger partial charge on any atom is 0.405 e. The number of carboxylic acid groups (broad SMARTS) is 1. The van der Waals surface area contributed by atoms with Crippen LogP contribution in [0.3, 0.4) is 0 Å². The molecule has 15 nitrogen and oxygen atoms in total. The number of hydrogen-bond donors (Lipinski definition) is 4. The number of fused-ring (bicyclic) bond motifs is 4. The summed E-state index contributed by atoms with van der Waals surface area (Å²) in [6.07, 6.45) is -2.93. The summed E-state index contributed by atoms with van der Waals surface area (Å²) in [4.78, 5) is 64.8. The van der Waals surface area contributed by atoms with Gasteiger partial charge in [-0.2, -0.15) is 0 Å². The molecule has 0 spiro atoms. The summed E-state index contributed by atoms with van der Waals surface area (Å²) in [6.45, 7) is -0.223. The number of aromatic nitrogens is 2. The van der Waals surface area contributed by atoms with Crippen LogP contribution in [0.5, 0.6) is 5.88 Å². The molecule has 2 saturated carbocycles. The molecule has 4 aromatic rings. The number of hydrogen-bond acceptors (Lipinski definition) is 10. The van der Waals surface area contributed by atoms with Gasteiger partial charge < -0.3 is 29.8 Å². The third-order valence-electron chi connectivity index (χ3n) is 11.1. The lowest BCUT2D eigenvalue weighted by atomic mass is 10.00. The van der Waals surface area contributed by atoms with Crippen LogP contribution in [0, 0.1) is 5.92 Å². The zero-order valence-electron chi connectivity index (χ0n) is 30.1. The van der Waals surface area contributed by atoms with E-state index < -0.39 is 87.5 Å². The van der Waals surface area contributed by atoms with Gasteiger partial charge in [0.05, 0.1) is 22.8 Å². The topological polar surface area (TPSA) is 210 Å². The van der Waals surface area contributed by atoms with Crippen molar-refractivity contribution in [3.63, 3.8) is 0 Å². The SMILES string of the molecule is O=C(O)N[C@H]1CCCCCC(F)(F)C[C@@H]2C[C@@]2(C(=O)NS(=O)(=O)C2CC2)NC(=O)[C@@H]2C[C@@H](Oc3nc4ccccc4nc3-c3cc4ccccc4o3)CN2C1=O. The van der Waals surface area contributed by atoms with Crippen molar-refractivity contribution in [1.82, 2.24) is 30.2 Å². The van der Waals surface area contributed by atoms with E-state index in [1.54, 1.807) is 36.4 Å². The van der Waals surface area contributed by atoms with Gasteiger partial charge in [0.1, 0.15) is 29.3 Å². The summed E-state index contributed by atoms with van der Waals surface area (Å²) < 4.78 is 70.8. The summed E-state index contributed by atoms with van der Waals surface area (Å²) >= 11 is 0. The highest BCUT2D eigenvalue weighted by molar-refractivity contribution is 7.91. The molecule has 8 rings (SSSR count). The van der Waals surface area contributed by atoms with Crippen molar-refractivity contribution in [2.75, 3.05) is 6.54 Å². The largest absolute Gasteiger partial charge is 0.471 e. The fourth-order valence-corrected chi connectivity index (χ4v) is 9.25. The van der Waals surface area contributed by atoms with Gasteiger partial charge in [0.25, 0.3) is 5.91 Å². The predicted molar refractivity (Wildman–Crippen MR) is 196 cm³/mol. The van der Waals surface area contributed by atoms with E-state index in [9.17, 15) is 32.7 Å². The van der Waals surface area contributed by atoms with Crippen LogP contribution < -0.4 is 20.1 Å². The smallest absolute Gasteiger partial charge is 0.405 e. The number of amides is 4. The Balaban J connectivity index is 1.14. The lowest BCUT2D eigenvalue weighted by molar-refractivity contribution is -0.141. The number of para-hydroxylation sites is 3. The Morgan fingerprint density at radius 2 is 1.71 bits per heavy atom. The van der Waals surface area contributed by atoms with Gasteiger partial charge in [0.2, 0.25) is 33.6 Å². The first-order chi connectivity index (χ1) is 26.7. The number of benzene rings is 2. The van der Waals surface area contributed by atoms with Crippen molar-refractivity contribution >= 4 is 55.8 Å². The van der Waals surface area contributed by atoms with Crippen molar-refractivity contribution in [3.8, 4) is 17.3 Å². The van der Waals surface area contributed by atoms with Crippen LogP contribution in [0.15, 0.2) is 59.0 Å². The first-order valence-corrected chi connectivity index (χ1v) is 20.2. The fraction of sp³-hybridized carbons (Fsp3) is 0.474. The second kappa shape index (κ2) is 14.3. The molecule has 4 fully saturated rings. The molecular formula is C38H40F2N6O9S. The molecule has 0 bridgehead atoms. The lowest BCUT2D eigenvalue weighted by Gasteiger charge is -2.29. The third kappa shape index (κ3) is 7.57. The van der Waals surface area contributed by atoms with Crippen LogP contribution >= 0.6 is 0 Å². The summed E-state index contributed by atoms with van der Waals surface area (Å²) in [5.74, 6) is -6.70. The first-order valence-electron chi connectivity index (χ1n) is 18.7. The molecule has 2 aromatic carbocycles. The molecule has 2 aliphatic heterocycles. The molecule has 56 heavy (non-hydrogen) atoms. The quantitative estimate of drug-likeness (QED) is 0.205. The number of ether oxygens (including phenoxy) is 1. The van der Waals surface area contributed by atoms with Crippen molar-refractivity contribution < 1.29 is 50.6 Å². The summed E-state index contributed by atoms with van der Waals surface area (Å²) in [7, 11) is -4.11. The van der Waals surface area contributed by atoms with E-state index in [1.165, 1.54) is 0 Å². The number of rotatable bonds is 7. The van der Waals surface area contributed by atoms with Crippen LogP contribution in [-0.2, 0) is 24.4 Å². The second-order valence-electron chi connectivity index (χ2n) is 15.2. The number of alkyl halides is 2. The minimum atomic E-state index is -4.11. The Morgan fingerprint density at radius 1 is 0.982 bits per heavy atom. The summed E-state index contributed by atoms with van der Waals surface area (Å²) in [6, 6.07) is 13.5. The maximum atomic E-state index is 15.3. The molecule has 2 aliphatic carbocycles. The van der Waals surface area contributed by atoms with Gasteiger partial charge in [-0.3, -0.25) is 19.1 Å². The van der Waals surface area contributed by atoms with E-state index in [0.717, 1.165) is 10.3 Å². The number of nitrogens with zero attached hydrogens (tertiary/aromatic N) is 3. The van der Waals surface area contributed by atoms with Gasteiger partial charge in [-0.1, -0.05) is 43.2 Å². The summed E-state index contributed by atoms with van der Waals surface area (Å²) in [5.41, 5.74) is -0.107. The highest BCUT2D eigenvalue weighted by Gasteiger charge is 2.65. The molecule has 0 unspecified atom stereocenters. The van der Waals surface area contributed by atoms with Crippen LogP contribution in [0.25, 0.3) is 33.5 Å². The average Bonchev–Trinajstić information content (AvgIpc) is 4.03. The van der Waals surface area contributed by atoms with Crippen LogP contribution in [0.4, 0.5) is 13.6 Å². The molecule has 4 aliphatic rings. The molecule has 4 N–H and O–H groups in total. The number of halogens is 2. The highest BCUT2D eigenvalue weighted by Crippen LogP contribution is 2.51. The number of sulfonamides is 1. The Labute approximate surface area is 319 Å². The Kier molecular flexibility index (Phi) is 9.57. The third-order valence-corrected chi connectivity index (χ3v) is 12.9. The number of furan rings is 1. The molecule has 18 heteroatoms. The standard InChI is InChI=1S/C38H40F2N6O9S/c39-37(40)15-7-1-2-11-27(43-36(50)51)34(48)46-20-23(17-28(46)32(47)44-38(19-22(38)18-37)35(49)45-56(52,53)24-13-14-24)54-33-31(41-25-9-4-5-10-26(25)42-33)30-16-21-8-3-6-12-29(21)55-30/h3-6,8-10,12,16,22-24,27-28,43H,1-2,7,11,13-15,17-20H2,(H,44,47)(H,45,49)(H,50,51)/t22-,23-,27+,28+,38-/m1/s1. The number of nitrogens with one attached hydrogen (secondary N) is 3. The zero-order valence-corrected chi connectivity index (χ0v) is 30.9. The van der Waals surface area contributed by atoms with Crippen LogP contribution in [0.2, 0.25) is 0 Å². The molecule has 4 heterocycles. The van der Waals surface area contributed by atoms with E-state index in [4.69, 9.17) is 19.1 Å². The number of carbonyl (C=O) groups excluding carboxylic acids is 3. The Bertz CT molecular complexity index is 2300. The molecule has 296 valence electrons. The van der Waals surface area contributed by atoms with Crippen LogP contribution in [0.1, 0.15) is 64.2 Å². The Hall–Kier alpha value is -5.39. The van der Waals surface area contributed by atoms with Gasteiger partial charge in [-0.15, -0.1) is 0 Å². The van der Waals surface area contributed by atoms with Gasteiger partial charge >= 0.3 is 6.09 Å². The van der Waals surface area contributed by atoms with E-state index >= 15 is 8.78 Å². The monoisotopic (exact) mass is 794 g/mol. The van der Waals surface area contributed by atoms with Gasteiger partial charge in [-0.05, 0) is 62.3 Å². The molecule has 4 amide bonds. The van der Waals surface area contributed by atoms with E-state index in [-0.39, 0.29) is 56.6 Å². The predicted octanol–water partition coefficient (Wildman–Crippen LogP) is 4.50. The summed E-state index contributed by atoms with van der Waals surface area (Å²) in [5, 5.41) is 14.5.